The molecule has 41 heavy (non-hydrogen) atoms. The lowest BCUT2D eigenvalue weighted by molar-refractivity contribution is -0.141. The zero-order valence-corrected chi connectivity index (χ0v) is 26.0. The van der Waals surface area contributed by atoms with E-state index in [1.54, 1.807) is 11.0 Å². The van der Waals surface area contributed by atoms with Crippen LogP contribution >= 0.6 is 15.9 Å². The predicted molar refractivity (Wildman–Crippen MR) is 164 cm³/mol. The average Bonchev–Trinajstić information content (AvgIpc) is 2.94. The van der Waals surface area contributed by atoms with E-state index in [0.29, 0.717) is 6.42 Å². The molecule has 0 aliphatic rings. The maximum Gasteiger partial charge on any atom is 0.243 e. The smallest absolute Gasteiger partial charge is 0.243 e. The van der Waals surface area contributed by atoms with Gasteiger partial charge >= 0.3 is 0 Å². The first kappa shape index (κ1) is 32.3. The molecule has 1 N–H and O–H groups in total. The van der Waals surface area contributed by atoms with Crippen molar-refractivity contribution in [1.82, 2.24) is 10.2 Å². The van der Waals surface area contributed by atoms with Gasteiger partial charge in [-0.1, -0.05) is 77.5 Å². The van der Waals surface area contributed by atoms with E-state index in [2.05, 4.69) is 21.2 Å². The van der Waals surface area contributed by atoms with E-state index in [-0.39, 0.29) is 49.5 Å². The van der Waals surface area contributed by atoms with Gasteiger partial charge in [0.2, 0.25) is 21.8 Å². The molecule has 3 rings (SSSR count). The number of nitrogens with zero attached hydrogens (tertiary/aromatic N) is 2. The number of para-hydroxylation sites is 1. The zero-order valence-electron chi connectivity index (χ0n) is 23.6. The normalized spacial score (nSPS) is 12.8. The van der Waals surface area contributed by atoms with Crippen molar-refractivity contribution < 1.29 is 22.4 Å². The number of carbonyl (C=O) groups excluding carboxylic acids is 2. The molecule has 2 atom stereocenters. The van der Waals surface area contributed by atoms with Crippen molar-refractivity contribution in [3.63, 3.8) is 0 Å². The lowest BCUT2D eigenvalue weighted by Gasteiger charge is -2.32. The number of carbonyl (C=O) groups is 2. The van der Waals surface area contributed by atoms with Crippen LogP contribution in [0.4, 0.5) is 10.1 Å². The third-order valence-corrected chi connectivity index (χ3v) is 8.52. The second-order valence-corrected chi connectivity index (χ2v) is 12.9. The van der Waals surface area contributed by atoms with Gasteiger partial charge in [-0.05, 0) is 55.2 Å². The average molecular weight is 647 g/mol. The van der Waals surface area contributed by atoms with Gasteiger partial charge in [0.1, 0.15) is 11.9 Å². The minimum Gasteiger partial charge on any atom is -0.352 e. The highest BCUT2D eigenvalue weighted by atomic mass is 79.9. The van der Waals surface area contributed by atoms with Crippen LogP contribution in [0.25, 0.3) is 0 Å². The topological polar surface area (TPSA) is 86.8 Å². The molecule has 2 unspecified atom stereocenters. The van der Waals surface area contributed by atoms with Crippen molar-refractivity contribution >= 4 is 43.5 Å². The van der Waals surface area contributed by atoms with Crippen LogP contribution in [-0.2, 0) is 32.6 Å². The molecule has 0 radical (unpaired) electrons. The molecule has 0 saturated heterocycles. The van der Waals surface area contributed by atoms with E-state index in [1.165, 1.54) is 18.2 Å². The molecule has 0 saturated carbocycles. The molecule has 2 amide bonds. The zero-order chi connectivity index (χ0) is 30.0. The van der Waals surface area contributed by atoms with Crippen molar-refractivity contribution in [2.24, 2.45) is 0 Å². The van der Waals surface area contributed by atoms with Crippen molar-refractivity contribution in [3.05, 3.63) is 100 Å². The number of nitrogens with one attached hydrogen (secondary N) is 1. The number of halogens is 2. The van der Waals surface area contributed by atoms with Gasteiger partial charge in [0.25, 0.3) is 0 Å². The summed E-state index contributed by atoms with van der Waals surface area (Å²) in [5, 5.41) is 3.03. The summed E-state index contributed by atoms with van der Waals surface area (Å²) in [7, 11) is -3.80. The van der Waals surface area contributed by atoms with Crippen molar-refractivity contribution in [1.29, 1.82) is 0 Å². The number of hydrogen-bond donors (Lipinski definition) is 1. The molecule has 0 aliphatic carbocycles. The van der Waals surface area contributed by atoms with Gasteiger partial charge in [0.05, 0.1) is 11.9 Å². The summed E-state index contributed by atoms with van der Waals surface area (Å²) >= 11 is 3.43. The van der Waals surface area contributed by atoms with Crippen LogP contribution < -0.4 is 9.62 Å². The monoisotopic (exact) mass is 645 g/mol. The first-order valence-electron chi connectivity index (χ1n) is 13.6. The molecular formula is C31H37BrFN3O4S. The van der Waals surface area contributed by atoms with Crippen LogP contribution in [0.15, 0.2) is 83.3 Å². The minimum absolute atomic E-state index is 0.0289. The molecule has 0 bridgehead atoms. The van der Waals surface area contributed by atoms with Gasteiger partial charge in [0, 0.05) is 36.4 Å². The van der Waals surface area contributed by atoms with Gasteiger partial charge < -0.3 is 10.2 Å². The molecule has 0 fully saturated rings. The Morgan fingerprint density at radius 2 is 1.59 bits per heavy atom. The quantitative estimate of drug-likeness (QED) is 0.244. The fraction of sp³-hybridized carbons (Fsp3) is 0.355. The maximum absolute atomic E-state index is 14.5. The second kappa shape index (κ2) is 15.1. The Balaban J connectivity index is 1.89. The van der Waals surface area contributed by atoms with E-state index in [4.69, 9.17) is 0 Å². The van der Waals surface area contributed by atoms with Gasteiger partial charge in [-0.2, -0.15) is 0 Å². The van der Waals surface area contributed by atoms with Crippen molar-refractivity contribution in [3.8, 4) is 0 Å². The van der Waals surface area contributed by atoms with Gasteiger partial charge in [0.15, 0.2) is 0 Å². The molecule has 3 aromatic rings. The molecule has 0 aromatic heterocycles. The molecule has 0 spiro atoms. The standard InChI is InChI=1S/C31H37BrFN3O4S/c1-4-23(2)34-31(38)29(21-24-11-6-5-7-12-24)35(22-25-16-18-26(32)19-17-25)30(37)15-10-20-36(41(3,39)40)28-14-9-8-13-27(28)33/h5-9,11-14,16-19,23,29H,4,10,15,20-22H2,1-3H3,(H,34,38). The number of amides is 2. The maximum atomic E-state index is 14.5. The van der Waals surface area contributed by atoms with Crippen molar-refractivity contribution in [2.45, 2.75) is 58.2 Å². The molecule has 0 aliphatic heterocycles. The highest BCUT2D eigenvalue weighted by Crippen LogP contribution is 2.23. The molecule has 7 nitrogen and oxygen atoms in total. The van der Waals surface area contributed by atoms with Crippen molar-refractivity contribution in [2.75, 3.05) is 17.1 Å². The van der Waals surface area contributed by atoms with Crippen LogP contribution in [0, 0.1) is 5.82 Å². The number of sulfonamides is 1. The summed E-state index contributed by atoms with van der Waals surface area (Å²) in [5.41, 5.74) is 1.69. The van der Waals surface area contributed by atoms with Gasteiger partial charge in [-0.15, -0.1) is 0 Å². The molecule has 220 valence electrons. The fourth-order valence-electron chi connectivity index (χ4n) is 4.42. The predicted octanol–water partition coefficient (Wildman–Crippen LogP) is 5.69. The van der Waals surface area contributed by atoms with Gasteiger partial charge in [-0.3, -0.25) is 13.9 Å². The number of anilines is 1. The molecule has 0 heterocycles. The summed E-state index contributed by atoms with van der Waals surface area (Å²) in [6.07, 6.45) is 2.18. The summed E-state index contributed by atoms with van der Waals surface area (Å²) in [6.45, 7) is 4.01. The lowest BCUT2D eigenvalue weighted by Crippen LogP contribution is -2.52. The van der Waals surface area contributed by atoms with E-state index < -0.39 is 21.9 Å². The summed E-state index contributed by atoms with van der Waals surface area (Å²) in [4.78, 5) is 29.0. The van der Waals surface area contributed by atoms with Gasteiger partial charge in [-0.25, -0.2) is 12.8 Å². The summed E-state index contributed by atoms with van der Waals surface area (Å²) < 4.78 is 41.3. The van der Waals surface area contributed by atoms with E-state index in [0.717, 1.165) is 32.6 Å². The van der Waals surface area contributed by atoms with Crippen LogP contribution in [0.2, 0.25) is 0 Å². The Hall–Kier alpha value is -3.24. The Bertz CT molecular complexity index is 1400. The van der Waals surface area contributed by atoms with E-state index >= 15 is 0 Å². The first-order chi connectivity index (χ1) is 19.5. The van der Waals surface area contributed by atoms with Crippen LogP contribution in [0.1, 0.15) is 44.2 Å². The third kappa shape index (κ3) is 9.67. The fourth-order valence-corrected chi connectivity index (χ4v) is 5.65. The Morgan fingerprint density at radius 1 is 0.951 bits per heavy atom. The summed E-state index contributed by atoms with van der Waals surface area (Å²) in [5.74, 6) is -1.21. The number of hydrogen-bond acceptors (Lipinski definition) is 4. The first-order valence-corrected chi connectivity index (χ1v) is 16.2. The second-order valence-electron chi connectivity index (χ2n) is 10.1. The van der Waals surface area contributed by atoms with Crippen LogP contribution in [-0.4, -0.2) is 50.0 Å². The highest BCUT2D eigenvalue weighted by Gasteiger charge is 2.31. The lowest BCUT2D eigenvalue weighted by atomic mass is 10.0. The molecular weight excluding hydrogens is 609 g/mol. The Kier molecular flexibility index (Phi) is 11.9. The largest absolute Gasteiger partial charge is 0.352 e. The third-order valence-electron chi connectivity index (χ3n) is 6.81. The van der Waals surface area contributed by atoms with E-state index in [1.807, 2.05) is 68.4 Å². The number of benzene rings is 3. The highest BCUT2D eigenvalue weighted by molar-refractivity contribution is 9.10. The SMILES string of the molecule is CCC(C)NC(=O)C(Cc1ccccc1)N(Cc1ccc(Br)cc1)C(=O)CCCN(c1ccccc1F)S(C)(=O)=O. The molecule has 10 heteroatoms. The number of rotatable bonds is 14. The minimum atomic E-state index is -3.80. The van der Waals surface area contributed by atoms with E-state index in [9.17, 15) is 22.4 Å². The van der Waals surface area contributed by atoms with Crippen LogP contribution in [0.5, 0.6) is 0 Å². The Morgan fingerprint density at radius 3 is 2.20 bits per heavy atom. The molecule has 3 aromatic carbocycles. The summed E-state index contributed by atoms with van der Waals surface area (Å²) in [6, 6.07) is 21.8. The van der Waals surface area contributed by atoms with Crippen LogP contribution in [0.3, 0.4) is 0 Å². The Labute approximate surface area is 250 Å².